The fourth-order valence-electron chi connectivity index (χ4n) is 4.12. The van der Waals surface area contributed by atoms with Crippen LogP contribution in [0.4, 0.5) is 0 Å². The van der Waals surface area contributed by atoms with E-state index in [4.69, 9.17) is 4.74 Å². The molecule has 1 aliphatic rings. The molecule has 0 unspecified atom stereocenters. The molecule has 0 radical (unpaired) electrons. The minimum absolute atomic E-state index is 0.0686. The Hall–Kier alpha value is -2.23. The lowest BCUT2D eigenvalue weighted by Crippen LogP contribution is -2.24. The number of unbranched alkanes of at least 4 members (excludes halogenated alkanes) is 2. The van der Waals surface area contributed by atoms with Crippen molar-refractivity contribution in [3.63, 3.8) is 0 Å². The predicted octanol–water partition coefficient (Wildman–Crippen LogP) is 6.39. The van der Waals surface area contributed by atoms with E-state index < -0.39 is 0 Å². The maximum atomic E-state index is 12.5. The van der Waals surface area contributed by atoms with E-state index in [0.29, 0.717) is 11.4 Å². The number of hydrogen-bond donors (Lipinski definition) is 0. The van der Waals surface area contributed by atoms with E-state index in [0.717, 1.165) is 42.7 Å². The molecule has 1 heterocycles. The fraction of sp³-hybridized carbons (Fsp3) is 0.560. The number of ether oxygens (including phenoxy) is 1. The van der Waals surface area contributed by atoms with Crippen LogP contribution in [0.3, 0.4) is 0 Å². The van der Waals surface area contributed by atoms with Gasteiger partial charge in [-0.2, -0.15) is 0 Å². The van der Waals surface area contributed by atoms with E-state index in [9.17, 15) is 4.79 Å². The number of aromatic nitrogens is 2. The van der Waals surface area contributed by atoms with Crippen molar-refractivity contribution in [2.24, 2.45) is 5.92 Å². The lowest BCUT2D eigenvalue weighted by Gasteiger charge is -2.28. The van der Waals surface area contributed by atoms with Gasteiger partial charge in [0.15, 0.2) is 5.82 Å². The Balaban J connectivity index is 1.49. The van der Waals surface area contributed by atoms with Gasteiger partial charge >= 0.3 is 5.97 Å². The van der Waals surface area contributed by atoms with Gasteiger partial charge in [0.1, 0.15) is 6.10 Å². The van der Waals surface area contributed by atoms with Crippen molar-refractivity contribution in [2.45, 2.75) is 84.2 Å². The summed E-state index contributed by atoms with van der Waals surface area (Å²) in [5, 5.41) is 0. The van der Waals surface area contributed by atoms with Crippen LogP contribution in [0.25, 0.3) is 11.4 Å². The summed E-state index contributed by atoms with van der Waals surface area (Å²) in [6, 6.07) is 7.43. The van der Waals surface area contributed by atoms with Crippen molar-refractivity contribution in [3.05, 3.63) is 47.8 Å². The first-order valence-corrected chi connectivity index (χ1v) is 11.3. The molecule has 1 aliphatic carbocycles. The molecule has 1 fully saturated rings. The molecule has 0 spiro atoms. The molecule has 0 atom stereocenters. The number of carbonyl (C=O) groups excluding carboxylic acids is 1. The quantitative estimate of drug-likeness (QED) is 0.365. The summed E-state index contributed by atoms with van der Waals surface area (Å²) < 4.78 is 5.77. The molecule has 3 rings (SSSR count). The summed E-state index contributed by atoms with van der Waals surface area (Å²) in [6.07, 6.45) is 15.6. The van der Waals surface area contributed by atoms with Crippen LogP contribution in [0.5, 0.6) is 0 Å². The molecule has 1 aromatic carbocycles. The molecule has 1 saturated carbocycles. The van der Waals surface area contributed by atoms with E-state index in [2.05, 4.69) is 23.8 Å². The zero-order valence-corrected chi connectivity index (χ0v) is 17.9. The Bertz CT molecular complexity index is 747. The molecule has 1 aromatic heterocycles. The third-order valence-corrected chi connectivity index (χ3v) is 5.91. The first kappa shape index (κ1) is 21.5. The Labute approximate surface area is 175 Å². The monoisotopic (exact) mass is 394 g/mol. The number of rotatable bonds is 9. The van der Waals surface area contributed by atoms with Crippen LogP contribution in [0.2, 0.25) is 0 Å². The predicted molar refractivity (Wildman–Crippen MR) is 117 cm³/mol. The molecule has 2 aromatic rings. The number of benzene rings is 1. The molecule has 156 valence electrons. The normalized spacial score (nSPS) is 19.1. The zero-order valence-electron chi connectivity index (χ0n) is 17.9. The van der Waals surface area contributed by atoms with Gasteiger partial charge in [-0.25, -0.2) is 14.8 Å². The maximum Gasteiger partial charge on any atom is 0.338 e. The minimum atomic E-state index is -0.217. The first-order valence-electron chi connectivity index (χ1n) is 11.3. The highest BCUT2D eigenvalue weighted by Gasteiger charge is 2.24. The number of esters is 1. The van der Waals surface area contributed by atoms with Crippen LogP contribution in [0.15, 0.2) is 36.7 Å². The van der Waals surface area contributed by atoms with E-state index in [-0.39, 0.29) is 12.1 Å². The summed E-state index contributed by atoms with van der Waals surface area (Å²) in [5.74, 6) is 1.29. The highest BCUT2D eigenvalue weighted by molar-refractivity contribution is 5.90. The van der Waals surface area contributed by atoms with Crippen LogP contribution in [0, 0.1) is 5.92 Å². The maximum absolute atomic E-state index is 12.5. The van der Waals surface area contributed by atoms with Gasteiger partial charge in [0.25, 0.3) is 0 Å². The van der Waals surface area contributed by atoms with Gasteiger partial charge in [0.2, 0.25) is 0 Å². The molecule has 0 saturated heterocycles. The van der Waals surface area contributed by atoms with Crippen molar-refractivity contribution < 1.29 is 9.53 Å². The van der Waals surface area contributed by atoms with Gasteiger partial charge in [-0.05, 0) is 55.7 Å². The van der Waals surface area contributed by atoms with E-state index >= 15 is 0 Å². The Morgan fingerprint density at radius 3 is 2.28 bits per heavy atom. The molecular weight excluding hydrogens is 360 g/mol. The Morgan fingerprint density at radius 1 is 0.966 bits per heavy atom. The van der Waals surface area contributed by atoms with E-state index in [1.807, 2.05) is 36.7 Å². The van der Waals surface area contributed by atoms with E-state index in [1.54, 1.807) is 0 Å². The average Bonchev–Trinajstić information content (AvgIpc) is 2.76. The SMILES string of the molecule is CCCCC[C@H]1CC[C@H](OC(=O)c2ccc(-c3ncc(CCC)cn3)cc2)CC1. The Kier molecular flexibility index (Phi) is 8.21. The third-order valence-electron chi connectivity index (χ3n) is 5.91. The lowest BCUT2D eigenvalue weighted by atomic mass is 9.84. The highest BCUT2D eigenvalue weighted by atomic mass is 16.5. The van der Waals surface area contributed by atoms with Gasteiger partial charge in [-0.1, -0.05) is 58.1 Å². The van der Waals surface area contributed by atoms with Gasteiger partial charge in [-0.15, -0.1) is 0 Å². The highest BCUT2D eigenvalue weighted by Crippen LogP contribution is 2.30. The van der Waals surface area contributed by atoms with Gasteiger partial charge in [0.05, 0.1) is 5.56 Å². The van der Waals surface area contributed by atoms with Gasteiger partial charge in [-0.3, -0.25) is 0 Å². The second-order valence-corrected chi connectivity index (χ2v) is 8.29. The number of nitrogens with zero attached hydrogens (tertiary/aromatic N) is 2. The van der Waals surface area contributed by atoms with Gasteiger partial charge < -0.3 is 4.74 Å². The smallest absolute Gasteiger partial charge is 0.338 e. The van der Waals surface area contributed by atoms with Crippen LogP contribution < -0.4 is 0 Å². The topological polar surface area (TPSA) is 52.1 Å². The third kappa shape index (κ3) is 6.38. The first-order chi connectivity index (χ1) is 14.2. The summed E-state index contributed by atoms with van der Waals surface area (Å²) in [7, 11) is 0. The second-order valence-electron chi connectivity index (χ2n) is 8.29. The van der Waals surface area contributed by atoms with E-state index in [1.165, 1.54) is 38.5 Å². The van der Waals surface area contributed by atoms with Crippen LogP contribution in [0.1, 0.15) is 87.6 Å². The molecule has 0 N–H and O–H groups in total. The number of carbonyl (C=O) groups is 1. The van der Waals surface area contributed by atoms with Crippen molar-refractivity contribution in [1.82, 2.24) is 9.97 Å². The number of hydrogen-bond acceptors (Lipinski definition) is 4. The van der Waals surface area contributed by atoms with Crippen molar-refractivity contribution in [1.29, 1.82) is 0 Å². The average molecular weight is 395 g/mol. The van der Waals surface area contributed by atoms with Crippen molar-refractivity contribution >= 4 is 5.97 Å². The molecule has 4 nitrogen and oxygen atoms in total. The molecule has 0 bridgehead atoms. The molecule has 0 amide bonds. The minimum Gasteiger partial charge on any atom is -0.459 e. The van der Waals surface area contributed by atoms with Crippen molar-refractivity contribution in [2.75, 3.05) is 0 Å². The van der Waals surface area contributed by atoms with Crippen LogP contribution >= 0.6 is 0 Å². The second kappa shape index (κ2) is 11.1. The molecule has 29 heavy (non-hydrogen) atoms. The van der Waals surface area contributed by atoms with Crippen LogP contribution in [-0.4, -0.2) is 22.0 Å². The summed E-state index contributed by atoms with van der Waals surface area (Å²) in [4.78, 5) is 21.4. The summed E-state index contributed by atoms with van der Waals surface area (Å²) in [5.41, 5.74) is 2.66. The standard InChI is InChI=1S/C25H34N2O2/c1-3-5-6-8-19-9-15-23(16-10-19)29-25(28)22-13-11-21(12-14-22)24-26-17-20(7-4-2)18-27-24/h11-14,17-19,23H,3-10,15-16H2,1-2H3/t19-,23-. The fourth-order valence-corrected chi connectivity index (χ4v) is 4.12. The van der Waals surface area contributed by atoms with Crippen LogP contribution in [-0.2, 0) is 11.2 Å². The lowest BCUT2D eigenvalue weighted by molar-refractivity contribution is 0.0161. The molecule has 4 heteroatoms. The van der Waals surface area contributed by atoms with Gasteiger partial charge in [0, 0.05) is 18.0 Å². The number of aryl methyl sites for hydroxylation is 1. The largest absolute Gasteiger partial charge is 0.459 e. The van der Waals surface area contributed by atoms with Crippen molar-refractivity contribution in [3.8, 4) is 11.4 Å². The Morgan fingerprint density at radius 2 is 1.66 bits per heavy atom. The summed E-state index contributed by atoms with van der Waals surface area (Å²) in [6.45, 7) is 4.39. The summed E-state index contributed by atoms with van der Waals surface area (Å²) >= 11 is 0. The molecular formula is C25H34N2O2. The zero-order chi connectivity index (χ0) is 20.5. The molecule has 0 aliphatic heterocycles.